The van der Waals surface area contributed by atoms with Gasteiger partial charge in [0.2, 0.25) is 11.6 Å². The lowest BCUT2D eigenvalue weighted by molar-refractivity contribution is -0.121. The van der Waals surface area contributed by atoms with Crippen LogP contribution in [0.15, 0.2) is 0 Å². The van der Waals surface area contributed by atoms with Gasteiger partial charge in [0, 0.05) is 44.6 Å². The predicted molar refractivity (Wildman–Crippen MR) is 87.9 cm³/mol. The van der Waals surface area contributed by atoms with Gasteiger partial charge in [0.05, 0.1) is 6.61 Å². The highest BCUT2D eigenvalue weighted by Crippen LogP contribution is 2.23. The van der Waals surface area contributed by atoms with Crippen molar-refractivity contribution >= 4 is 34.4 Å². The fourth-order valence-corrected chi connectivity index (χ4v) is 3.00. The fraction of sp³-hybridized carbons (Fsp3) is 0.643. The van der Waals surface area contributed by atoms with Crippen LogP contribution in [0, 0.1) is 5.92 Å². The lowest BCUT2D eigenvalue weighted by Gasteiger charge is -2.32. The third-order valence-corrected chi connectivity index (χ3v) is 4.35. The quantitative estimate of drug-likeness (QED) is 0.810. The summed E-state index contributed by atoms with van der Waals surface area (Å²) in [5, 5.41) is 6.71. The molecule has 0 aliphatic carbocycles. The maximum absolute atomic E-state index is 12.4. The minimum Gasteiger partial charge on any atom is -0.461 e. The average Bonchev–Trinajstić information content (AvgIpc) is 3.02. The van der Waals surface area contributed by atoms with Crippen LogP contribution in [0.2, 0.25) is 0 Å². The summed E-state index contributed by atoms with van der Waals surface area (Å²) in [6, 6.07) is -0.0508. The summed E-state index contributed by atoms with van der Waals surface area (Å²) >= 11 is 0.940. The van der Waals surface area contributed by atoms with E-state index in [1.54, 1.807) is 25.9 Å². The van der Waals surface area contributed by atoms with Crippen molar-refractivity contribution < 1.29 is 19.1 Å². The number of piperidine rings is 1. The molecule has 0 unspecified atom stereocenters. The number of ether oxygens (including phenoxy) is 1. The van der Waals surface area contributed by atoms with E-state index in [1.165, 1.54) is 4.90 Å². The number of carbonyl (C=O) groups is 3. The first-order valence-corrected chi connectivity index (χ1v) is 8.48. The number of nitrogens with one attached hydrogen (secondary N) is 1. The fourth-order valence-electron chi connectivity index (χ4n) is 2.44. The van der Waals surface area contributed by atoms with Crippen LogP contribution in [0.1, 0.15) is 30.3 Å². The van der Waals surface area contributed by atoms with Gasteiger partial charge in [-0.05, 0) is 19.8 Å². The normalized spacial score (nSPS) is 15.0. The van der Waals surface area contributed by atoms with Crippen molar-refractivity contribution in [2.75, 3.05) is 39.1 Å². The molecule has 2 rings (SSSR count). The standard InChI is InChI=1S/C14H21N5O4S/c1-4-23-13(21)10-12(24-17-16-10)15-11(20)9-5-7-19(8-6-9)14(22)18(2)3/h9H,4-8H2,1-3H3,(H,15,20). The van der Waals surface area contributed by atoms with Crippen molar-refractivity contribution in [3.8, 4) is 0 Å². The van der Waals surface area contributed by atoms with E-state index >= 15 is 0 Å². The second-order valence-corrected chi connectivity index (χ2v) is 6.35. The first-order chi connectivity index (χ1) is 11.4. The number of esters is 1. The molecule has 3 amide bonds. The third-order valence-electron chi connectivity index (χ3n) is 3.71. The highest BCUT2D eigenvalue weighted by Gasteiger charge is 2.29. The highest BCUT2D eigenvalue weighted by molar-refractivity contribution is 7.10. The van der Waals surface area contributed by atoms with Gasteiger partial charge in [-0.25, -0.2) is 9.59 Å². The predicted octanol–water partition coefficient (Wildman–Crippen LogP) is 1.05. The van der Waals surface area contributed by atoms with Crippen LogP contribution in [0.3, 0.4) is 0 Å². The van der Waals surface area contributed by atoms with Gasteiger partial charge >= 0.3 is 12.0 Å². The van der Waals surface area contributed by atoms with E-state index in [9.17, 15) is 14.4 Å². The molecular weight excluding hydrogens is 334 g/mol. The Morgan fingerprint density at radius 1 is 1.33 bits per heavy atom. The summed E-state index contributed by atoms with van der Waals surface area (Å²) in [5.41, 5.74) is 0.0235. The number of carbonyl (C=O) groups excluding carboxylic acids is 3. The Kier molecular flexibility index (Phi) is 6.07. The van der Waals surface area contributed by atoms with Crippen molar-refractivity contribution in [3.05, 3.63) is 5.69 Å². The molecular formula is C14H21N5O4S. The van der Waals surface area contributed by atoms with Crippen LogP contribution in [0.4, 0.5) is 9.80 Å². The molecule has 1 aromatic rings. The molecule has 1 fully saturated rings. The summed E-state index contributed by atoms with van der Waals surface area (Å²) in [4.78, 5) is 39.3. The Morgan fingerprint density at radius 2 is 2.00 bits per heavy atom. The van der Waals surface area contributed by atoms with E-state index in [4.69, 9.17) is 4.74 Å². The van der Waals surface area contributed by atoms with E-state index in [-0.39, 0.29) is 30.2 Å². The molecule has 0 spiro atoms. The zero-order chi connectivity index (χ0) is 17.7. The van der Waals surface area contributed by atoms with Crippen LogP contribution in [0.5, 0.6) is 0 Å². The maximum atomic E-state index is 12.4. The Labute approximate surface area is 144 Å². The zero-order valence-corrected chi connectivity index (χ0v) is 14.8. The van der Waals surface area contributed by atoms with E-state index in [1.807, 2.05) is 0 Å². The number of hydrogen-bond donors (Lipinski definition) is 1. The zero-order valence-electron chi connectivity index (χ0n) is 13.9. The van der Waals surface area contributed by atoms with Crippen molar-refractivity contribution in [1.82, 2.24) is 19.4 Å². The first kappa shape index (κ1) is 18.1. The minimum atomic E-state index is -0.604. The topological polar surface area (TPSA) is 105 Å². The Bertz CT molecular complexity index is 610. The SMILES string of the molecule is CCOC(=O)c1nnsc1NC(=O)C1CCN(C(=O)N(C)C)CC1. The Morgan fingerprint density at radius 3 is 2.58 bits per heavy atom. The summed E-state index contributed by atoms with van der Waals surface area (Å²) in [7, 11) is 3.41. The lowest BCUT2D eigenvalue weighted by atomic mass is 9.96. The van der Waals surface area contributed by atoms with E-state index in [0.717, 1.165) is 11.5 Å². The van der Waals surface area contributed by atoms with E-state index in [0.29, 0.717) is 30.9 Å². The molecule has 0 atom stereocenters. The van der Waals surface area contributed by atoms with Crippen molar-refractivity contribution in [2.45, 2.75) is 19.8 Å². The molecule has 1 aliphatic heterocycles. The number of amides is 3. The molecule has 1 aromatic heterocycles. The summed E-state index contributed by atoms with van der Waals surface area (Å²) in [6.07, 6.45) is 1.15. The van der Waals surface area contributed by atoms with Crippen molar-refractivity contribution in [1.29, 1.82) is 0 Å². The smallest absolute Gasteiger partial charge is 0.362 e. The molecule has 132 valence electrons. The van der Waals surface area contributed by atoms with Crippen LogP contribution in [0.25, 0.3) is 0 Å². The van der Waals surface area contributed by atoms with Crippen LogP contribution in [-0.4, -0.2) is 71.1 Å². The molecule has 1 saturated heterocycles. The number of hydrogen-bond acceptors (Lipinski definition) is 7. The molecule has 9 nitrogen and oxygen atoms in total. The molecule has 1 N–H and O–H groups in total. The van der Waals surface area contributed by atoms with Crippen molar-refractivity contribution in [2.24, 2.45) is 5.92 Å². The largest absolute Gasteiger partial charge is 0.461 e. The molecule has 0 bridgehead atoms. The molecule has 24 heavy (non-hydrogen) atoms. The first-order valence-electron chi connectivity index (χ1n) is 7.70. The molecule has 1 aliphatic rings. The minimum absolute atomic E-state index is 0.0235. The Hall–Kier alpha value is -2.23. The highest BCUT2D eigenvalue weighted by atomic mass is 32.1. The molecule has 0 radical (unpaired) electrons. The van der Waals surface area contributed by atoms with Gasteiger partial charge in [-0.15, -0.1) is 5.10 Å². The lowest BCUT2D eigenvalue weighted by Crippen LogP contribution is -2.45. The number of likely N-dealkylation sites (tertiary alicyclic amines) is 1. The molecule has 0 saturated carbocycles. The molecule has 2 heterocycles. The summed E-state index contributed by atoms with van der Waals surface area (Å²) in [6.45, 7) is 2.97. The number of urea groups is 1. The molecule has 0 aromatic carbocycles. The average molecular weight is 355 g/mol. The summed E-state index contributed by atoms with van der Waals surface area (Å²) in [5.74, 6) is -1.01. The number of rotatable bonds is 4. The van der Waals surface area contributed by atoms with Gasteiger partial charge < -0.3 is 19.9 Å². The van der Waals surface area contributed by atoms with Gasteiger partial charge in [0.25, 0.3) is 0 Å². The van der Waals surface area contributed by atoms with Gasteiger partial charge in [-0.3, -0.25) is 4.79 Å². The van der Waals surface area contributed by atoms with Crippen LogP contribution in [-0.2, 0) is 9.53 Å². The van der Waals surface area contributed by atoms with E-state index < -0.39 is 5.97 Å². The second kappa shape index (κ2) is 8.04. The van der Waals surface area contributed by atoms with Gasteiger partial charge in [0.15, 0.2) is 5.00 Å². The second-order valence-electron chi connectivity index (χ2n) is 5.60. The van der Waals surface area contributed by atoms with Gasteiger partial charge in [-0.2, -0.15) is 0 Å². The Balaban J connectivity index is 1.92. The number of aromatic nitrogens is 2. The van der Waals surface area contributed by atoms with Crippen LogP contribution < -0.4 is 5.32 Å². The van der Waals surface area contributed by atoms with E-state index in [2.05, 4.69) is 14.9 Å². The third kappa shape index (κ3) is 4.19. The summed E-state index contributed by atoms with van der Waals surface area (Å²) < 4.78 is 8.58. The van der Waals surface area contributed by atoms with Crippen molar-refractivity contribution in [3.63, 3.8) is 0 Å². The van der Waals surface area contributed by atoms with Gasteiger partial charge in [0.1, 0.15) is 0 Å². The van der Waals surface area contributed by atoms with Gasteiger partial charge in [-0.1, -0.05) is 4.49 Å². The number of anilines is 1. The molecule has 10 heteroatoms. The van der Waals surface area contributed by atoms with Crippen LogP contribution >= 0.6 is 11.5 Å². The number of nitrogens with zero attached hydrogens (tertiary/aromatic N) is 4. The maximum Gasteiger partial charge on any atom is 0.362 e. The monoisotopic (exact) mass is 355 g/mol.